The van der Waals surface area contributed by atoms with E-state index in [1.54, 1.807) is 35.4 Å². The normalized spacial score (nSPS) is 15.1. The Bertz CT molecular complexity index is 1140. The zero-order valence-electron chi connectivity index (χ0n) is 18.4. The van der Waals surface area contributed by atoms with E-state index in [4.69, 9.17) is 4.74 Å². The van der Waals surface area contributed by atoms with Crippen molar-refractivity contribution in [1.82, 2.24) is 20.2 Å². The van der Waals surface area contributed by atoms with Crippen molar-refractivity contribution >= 4 is 22.9 Å². The van der Waals surface area contributed by atoms with Gasteiger partial charge in [-0.15, -0.1) is 0 Å². The summed E-state index contributed by atoms with van der Waals surface area (Å²) in [6.07, 6.45) is 4.05. The van der Waals surface area contributed by atoms with Crippen LogP contribution >= 0.6 is 0 Å². The molecule has 0 unspecified atom stereocenters. The van der Waals surface area contributed by atoms with Crippen molar-refractivity contribution in [3.05, 3.63) is 54.2 Å². The molecule has 0 atom stereocenters. The van der Waals surface area contributed by atoms with E-state index in [-0.39, 0.29) is 18.0 Å². The van der Waals surface area contributed by atoms with Crippen LogP contribution in [-0.4, -0.2) is 51.6 Å². The number of pyridine rings is 1. The third kappa shape index (κ3) is 4.74. The molecule has 0 radical (unpaired) electrons. The zero-order valence-corrected chi connectivity index (χ0v) is 18.4. The molecule has 7 nitrogen and oxygen atoms in total. The van der Waals surface area contributed by atoms with E-state index < -0.39 is 11.5 Å². The number of amides is 2. The molecule has 0 aliphatic carbocycles. The summed E-state index contributed by atoms with van der Waals surface area (Å²) < 4.78 is 19.5. The van der Waals surface area contributed by atoms with Crippen LogP contribution in [0.15, 0.2) is 42.7 Å². The van der Waals surface area contributed by atoms with E-state index >= 15 is 0 Å². The number of nitrogens with zero attached hydrogens (tertiary/aromatic N) is 2. The summed E-state index contributed by atoms with van der Waals surface area (Å²) in [5, 5.41) is 3.78. The maximum absolute atomic E-state index is 14.1. The topological polar surface area (TPSA) is 87.3 Å². The van der Waals surface area contributed by atoms with Gasteiger partial charge in [0.15, 0.2) is 0 Å². The number of nitrogens with one attached hydrogen (secondary N) is 2. The van der Waals surface area contributed by atoms with Gasteiger partial charge in [-0.3, -0.25) is 4.79 Å². The van der Waals surface area contributed by atoms with Crippen molar-refractivity contribution in [2.45, 2.75) is 45.3 Å². The molecule has 1 fully saturated rings. The second kappa shape index (κ2) is 8.61. The average molecular weight is 439 g/mol. The van der Waals surface area contributed by atoms with Gasteiger partial charge in [-0.25, -0.2) is 9.78 Å². The number of ether oxygens (including phenoxy) is 1. The maximum atomic E-state index is 14.1. The number of carbonyl (C=O) groups excluding carboxylic acids is 2. The highest BCUT2D eigenvalue weighted by atomic mass is 19.1. The minimum Gasteiger partial charge on any atom is -0.444 e. The van der Waals surface area contributed by atoms with Crippen molar-refractivity contribution < 1.29 is 18.7 Å². The van der Waals surface area contributed by atoms with Crippen molar-refractivity contribution in [2.24, 2.45) is 0 Å². The Kier molecular flexibility index (Phi) is 5.86. The molecule has 3 heterocycles. The van der Waals surface area contributed by atoms with Crippen LogP contribution in [0.1, 0.15) is 44.0 Å². The lowest BCUT2D eigenvalue weighted by Gasteiger charge is -2.33. The lowest BCUT2D eigenvalue weighted by molar-refractivity contribution is 0.0199. The Hall–Kier alpha value is -3.42. The van der Waals surface area contributed by atoms with Gasteiger partial charge in [0.1, 0.15) is 5.60 Å². The molecule has 1 aromatic carbocycles. The molecule has 3 aromatic rings. The van der Waals surface area contributed by atoms with Crippen LogP contribution in [0.25, 0.3) is 22.0 Å². The summed E-state index contributed by atoms with van der Waals surface area (Å²) in [6.45, 7) is 6.57. The Morgan fingerprint density at radius 3 is 2.66 bits per heavy atom. The van der Waals surface area contributed by atoms with Gasteiger partial charge in [0.05, 0.1) is 5.56 Å². The van der Waals surface area contributed by atoms with Crippen molar-refractivity contribution in [3.63, 3.8) is 0 Å². The first kappa shape index (κ1) is 21.8. The largest absolute Gasteiger partial charge is 0.444 e. The molecule has 1 aliphatic rings. The number of aromatic nitrogens is 2. The first-order chi connectivity index (χ1) is 15.2. The predicted octanol–water partition coefficient (Wildman–Crippen LogP) is 4.50. The molecule has 168 valence electrons. The number of halogens is 1. The molecule has 0 spiro atoms. The monoisotopic (exact) mass is 438 g/mol. The van der Waals surface area contributed by atoms with Crippen LogP contribution in [0.2, 0.25) is 0 Å². The Morgan fingerprint density at radius 1 is 1.22 bits per heavy atom. The Morgan fingerprint density at radius 2 is 1.97 bits per heavy atom. The van der Waals surface area contributed by atoms with E-state index in [9.17, 15) is 14.0 Å². The molecule has 2 aromatic heterocycles. The average Bonchev–Trinajstić information content (AvgIpc) is 3.17. The third-order valence-corrected chi connectivity index (χ3v) is 5.48. The van der Waals surface area contributed by atoms with Crippen LogP contribution in [0.5, 0.6) is 0 Å². The van der Waals surface area contributed by atoms with Gasteiger partial charge < -0.3 is 19.9 Å². The SMILES string of the molecule is CC(C)(C)OC(=O)N1CCC(NC(=O)c2c[nH]c3ccc(-c4cccnc4F)cc23)CC1. The van der Waals surface area contributed by atoms with E-state index in [2.05, 4.69) is 15.3 Å². The highest BCUT2D eigenvalue weighted by Gasteiger charge is 2.28. The molecule has 8 heteroatoms. The standard InChI is InChI=1S/C24H27FN4O3/c1-24(2,3)32-23(31)29-11-8-16(9-12-29)28-22(30)19-14-27-20-7-6-15(13-18(19)20)17-5-4-10-26-21(17)25/h4-7,10,13-14,16,27H,8-9,11-12H2,1-3H3,(H,28,30). The second-order valence-electron chi connectivity index (χ2n) is 9.02. The van der Waals surface area contributed by atoms with Crippen LogP contribution in [0, 0.1) is 5.95 Å². The van der Waals surface area contributed by atoms with Crippen LogP contribution in [-0.2, 0) is 4.74 Å². The Labute approximate surface area is 186 Å². The fourth-order valence-corrected chi connectivity index (χ4v) is 3.87. The first-order valence-corrected chi connectivity index (χ1v) is 10.7. The maximum Gasteiger partial charge on any atom is 0.410 e. The molecule has 4 rings (SSSR count). The van der Waals surface area contributed by atoms with Crippen molar-refractivity contribution in [2.75, 3.05) is 13.1 Å². The summed E-state index contributed by atoms with van der Waals surface area (Å²) in [6, 6.07) is 8.72. The molecule has 2 amide bonds. The van der Waals surface area contributed by atoms with Crippen molar-refractivity contribution in [3.8, 4) is 11.1 Å². The van der Waals surface area contributed by atoms with Gasteiger partial charge >= 0.3 is 6.09 Å². The van der Waals surface area contributed by atoms with E-state index in [0.717, 1.165) is 10.9 Å². The molecule has 0 saturated carbocycles. The number of fused-ring (bicyclic) bond motifs is 1. The molecule has 1 saturated heterocycles. The number of aromatic amines is 1. The van der Waals surface area contributed by atoms with Crippen molar-refractivity contribution in [1.29, 1.82) is 0 Å². The smallest absolute Gasteiger partial charge is 0.410 e. The number of hydrogen-bond acceptors (Lipinski definition) is 4. The summed E-state index contributed by atoms with van der Waals surface area (Å²) in [7, 11) is 0. The molecular formula is C24H27FN4O3. The summed E-state index contributed by atoms with van der Waals surface area (Å²) in [5.74, 6) is -0.749. The summed E-state index contributed by atoms with van der Waals surface area (Å²) in [4.78, 5) is 33.7. The first-order valence-electron chi connectivity index (χ1n) is 10.7. The molecule has 2 N–H and O–H groups in total. The number of benzene rings is 1. The highest BCUT2D eigenvalue weighted by Crippen LogP contribution is 2.27. The molecular weight excluding hydrogens is 411 g/mol. The number of hydrogen-bond donors (Lipinski definition) is 2. The fraction of sp³-hybridized carbons (Fsp3) is 0.375. The number of H-pyrrole nitrogens is 1. The lowest BCUT2D eigenvalue weighted by atomic mass is 10.0. The third-order valence-electron chi connectivity index (χ3n) is 5.48. The number of piperidine rings is 1. The summed E-state index contributed by atoms with van der Waals surface area (Å²) >= 11 is 0. The number of carbonyl (C=O) groups is 2. The van der Waals surface area contributed by atoms with Gasteiger partial charge in [-0.2, -0.15) is 4.39 Å². The fourth-order valence-electron chi connectivity index (χ4n) is 3.87. The van der Waals surface area contributed by atoms with Gasteiger partial charge in [0.25, 0.3) is 5.91 Å². The van der Waals surface area contributed by atoms with Crippen LogP contribution < -0.4 is 5.32 Å². The minimum atomic E-state index is -0.551. The van der Waals surface area contributed by atoms with E-state index in [1.165, 1.54) is 6.20 Å². The molecule has 0 bridgehead atoms. The van der Waals surface area contributed by atoms with Crippen LogP contribution in [0.4, 0.5) is 9.18 Å². The Balaban J connectivity index is 1.44. The van der Waals surface area contributed by atoms with Gasteiger partial charge in [-0.1, -0.05) is 6.07 Å². The lowest BCUT2D eigenvalue weighted by Crippen LogP contribution is -2.47. The van der Waals surface area contributed by atoms with Gasteiger partial charge in [0.2, 0.25) is 5.95 Å². The summed E-state index contributed by atoms with van der Waals surface area (Å²) in [5.41, 5.74) is 1.80. The van der Waals surface area contributed by atoms with Crippen LogP contribution in [0.3, 0.4) is 0 Å². The zero-order chi connectivity index (χ0) is 22.9. The predicted molar refractivity (Wildman–Crippen MR) is 120 cm³/mol. The number of likely N-dealkylation sites (tertiary alicyclic amines) is 1. The van der Waals surface area contributed by atoms with Gasteiger partial charge in [0, 0.05) is 48.0 Å². The quantitative estimate of drug-likeness (QED) is 0.590. The second-order valence-corrected chi connectivity index (χ2v) is 9.02. The van der Waals surface area contributed by atoms with E-state index in [0.29, 0.717) is 42.6 Å². The molecule has 1 aliphatic heterocycles. The highest BCUT2D eigenvalue weighted by molar-refractivity contribution is 6.07. The molecule has 32 heavy (non-hydrogen) atoms. The van der Waals surface area contributed by atoms with Gasteiger partial charge in [-0.05, 0) is 63.4 Å². The number of rotatable bonds is 3. The minimum absolute atomic E-state index is 0.0370. The van der Waals surface area contributed by atoms with E-state index in [1.807, 2.05) is 26.8 Å².